The van der Waals surface area contributed by atoms with Gasteiger partial charge in [-0.2, -0.15) is 0 Å². The molecule has 0 aromatic heterocycles. The van der Waals surface area contributed by atoms with E-state index in [1.807, 2.05) is 13.0 Å². The Balaban J connectivity index is 2.04. The molecule has 0 aliphatic carbocycles. The summed E-state index contributed by atoms with van der Waals surface area (Å²) in [6.45, 7) is 7.53. The molecule has 0 saturated carbocycles. The first-order valence-electron chi connectivity index (χ1n) is 6.34. The van der Waals surface area contributed by atoms with Crippen LogP contribution in [-0.2, 0) is 11.3 Å². The average molecular weight is 233 g/mol. The molecule has 1 unspecified atom stereocenters. The lowest BCUT2D eigenvalue weighted by atomic mass is 9.81. The second kappa shape index (κ2) is 4.00. The molecular weight excluding hydrogens is 214 g/mol. The topological polar surface area (TPSA) is 30.5 Å². The van der Waals surface area contributed by atoms with E-state index in [0.717, 1.165) is 18.8 Å². The third-order valence-corrected chi connectivity index (χ3v) is 3.95. The van der Waals surface area contributed by atoms with Gasteiger partial charge < -0.3 is 14.8 Å². The number of fused-ring (bicyclic) bond motifs is 3. The van der Waals surface area contributed by atoms with Crippen molar-refractivity contribution >= 4 is 0 Å². The molecule has 1 N–H and O–H groups in total. The van der Waals surface area contributed by atoms with Crippen molar-refractivity contribution in [3.63, 3.8) is 0 Å². The highest BCUT2D eigenvalue weighted by Crippen LogP contribution is 2.43. The Hall–Kier alpha value is -1.06. The summed E-state index contributed by atoms with van der Waals surface area (Å²) in [7, 11) is 0. The van der Waals surface area contributed by atoms with Gasteiger partial charge >= 0.3 is 0 Å². The van der Waals surface area contributed by atoms with Gasteiger partial charge in [-0.3, -0.25) is 0 Å². The standard InChI is InChI=1S/C14H19NO2/c1-3-16-13-6-4-5-10-11(13)8-17-14(2)9-15-7-12(10)14/h4-6,12,15H,3,7-9H2,1-2H3/t12-,14?/m0/s1. The molecule has 17 heavy (non-hydrogen) atoms. The first kappa shape index (κ1) is 11.1. The van der Waals surface area contributed by atoms with E-state index in [1.165, 1.54) is 11.1 Å². The quantitative estimate of drug-likeness (QED) is 0.848. The fraction of sp³-hybridized carbons (Fsp3) is 0.571. The summed E-state index contributed by atoms with van der Waals surface area (Å²) in [6, 6.07) is 6.35. The highest BCUT2D eigenvalue weighted by atomic mass is 16.5. The Morgan fingerprint density at radius 2 is 2.41 bits per heavy atom. The van der Waals surface area contributed by atoms with Crippen LogP contribution in [0.15, 0.2) is 18.2 Å². The lowest BCUT2D eigenvalue weighted by molar-refractivity contribution is -0.0526. The number of rotatable bonds is 2. The summed E-state index contributed by atoms with van der Waals surface area (Å²) in [5.41, 5.74) is 2.59. The van der Waals surface area contributed by atoms with E-state index in [9.17, 15) is 0 Å². The summed E-state index contributed by atoms with van der Waals surface area (Å²) in [5.74, 6) is 1.44. The molecule has 0 amide bonds. The van der Waals surface area contributed by atoms with Gasteiger partial charge in [-0.15, -0.1) is 0 Å². The molecule has 3 rings (SSSR count). The smallest absolute Gasteiger partial charge is 0.125 e. The summed E-state index contributed by atoms with van der Waals surface area (Å²) >= 11 is 0. The van der Waals surface area contributed by atoms with Gasteiger partial charge in [0.2, 0.25) is 0 Å². The largest absolute Gasteiger partial charge is 0.493 e. The minimum atomic E-state index is -0.0438. The number of ether oxygens (including phenoxy) is 2. The fourth-order valence-corrected chi connectivity index (χ4v) is 2.99. The molecular formula is C14H19NO2. The third-order valence-electron chi connectivity index (χ3n) is 3.95. The molecule has 3 nitrogen and oxygen atoms in total. The van der Waals surface area contributed by atoms with Crippen LogP contribution < -0.4 is 10.1 Å². The normalized spacial score (nSPS) is 30.8. The Morgan fingerprint density at radius 1 is 1.53 bits per heavy atom. The van der Waals surface area contributed by atoms with Crippen LogP contribution in [0.4, 0.5) is 0 Å². The monoisotopic (exact) mass is 233 g/mol. The number of hydrogen-bond donors (Lipinski definition) is 1. The fourth-order valence-electron chi connectivity index (χ4n) is 2.99. The van der Waals surface area contributed by atoms with Crippen LogP contribution in [-0.4, -0.2) is 25.3 Å². The van der Waals surface area contributed by atoms with Crippen molar-refractivity contribution in [1.82, 2.24) is 5.32 Å². The Kier molecular flexibility index (Phi) is 2.60. The van der Waals surface area contributed by atoms with Crippen LogP contribution >= 0.6 is 0 Å². The summed E-state index contributed by atoms with van der Waals surface area (Å²) in [6.07, 6.45) is 0. The van der Waals surface area contributed by atoms with E-state index in [4.69, 9.17) is 9.47 Å². The van der Waals surface area contributed by atoms with Crippen LogP contribution in [0.2, 0.25) is 0 Å². The second-order valence-corrected chi connectivity index (χ2v) is 5.04. The van der Waals surface area contributed by atoms with Crippen LogP contribution in [0.25, 0.3) is 0 Å². The highest BCUT2D eigenvalue weighted by Gasteiger charge is 2.45. The highest BCUT2D eigenvalue weighted by molar-refractivity contribution is 5.45. The van der Waals surface area contributed by atoms with E-state index in [0.29, 0.717) is 19.1 Å². The third kappa shape index (κ3) is 1.65. The lowest BCUT2D eigenvalue weighted by Crippen LogP contribution is -2.39. The molecule has 1 aromatic rings. The van der Waals surface area contributed by atoms with Gasteiger partial charge in [0.15, 0.2) is 0 Å². The SMILES string of the molecule is CCOc1cccc2c1COC1(C)CNC[C@@H]21. The molecule has 0 radical (unpaired) electrons. The average Bonchev–Trinajstić information content (AvgIpc) is 2.72. The molecule has 92 valence electrons. The van der Waals surface area contributed by atoms with Gasteiger partial charge in [0.25, 0.3) is 0 Å². The van der Waals surface area contributed by atoms with Gasteiger partial charge in [0, 0.05) is 24.6 Å². The van der Waals surface area contributed by atoms with E-state index < -0.39 is 0 Å². The minimum Gasteiger partial charge on any atom is -0.493 e. The molecule has 2 aliphatic heterocycles. The molecule has 0 bridgehead atoms. The Bertz CT molecular complexity index is 432. The molecule has 1 fully saturated rings. The summed E-state index contributed by atoms with van der Waals surface area (Å²) in [4.78, 5) is 0. The molecule has 1 saturated heterocycles. The van der Waals surface area contributed by atoms with Gasteiger partial charge in [-0.05, 0) is 25.5 Å². The molecule has 3 heteroatoms. The molecule has 2 aliphatic rings. The van der Waals surface area contributed by atoms with Crippen molar-refractivity contribution in [2.75, 3.05) is 19.7 Å². The van der Waals surface area contributed by atoms with E-state index in [1.54, 1.807) is 0 Å². The zero-order valence-corrected chi connectivity index (χ0v) is 10.5. The van der Waals surface area contributed by atoms with Crippen LogP contribution in [0.3, 0.4) is 0 Å². The molecule has 0 spiro atoms. The first-order valence-corrected chi connectivity index (χ1v) is 6.34. The van der Waals surface area contributed by atoms with E-state index in [2.05, 4.69) is 24.4 Å². The number of nitrogens with one attached hydrogen (secondary N) is 1. The zero-order valence-electron chi connectivity index (χ0n) is 10.5. The van der Waals surface area contributed by atoms with Crippen molar-refractivity contribution in [3.05, 3.63) is 29.3 Å². The predicted octanol–water partition coefficient (Wildman–Crippen LogP) is 2.06. The van der Waals surface area contributed by atoms with Crippen molar-refractivity contribution in [1.29, 1.82) is 0 Å². The van der Waals surface area contributed by atoms with Crippen molar-refractivity contribution in [3.8, 4) is 5.75 Å². The van der Waals surface area contributed by atoms with Gasteiger partial charge in [-0.1, -0.05) is 12.1 Å². The van der Waals surface area contributed by atoms with Crippen LogP contribution in [0.5, 0.6) is 5.75 Å². The van der Waals surface area contributed by atoms with Gasteiger partial charge in [0.05, 0.1) is 18.8 Å². The van der Waals surface area contributed by atoms with Crippen LogP contribution in [0, 0.1) is 0 Å². The molecule has 2 heterocycles. The molecule has 2 atom stereocenters. The minimum absolute atomic E-state index is 0.0438. The van der Waals surface area contributed by atoms with Crippen molar-refractivity contribution in [2.24, 2.45) is 0 Å². The molecule has 1 aromatic carbocycles. The maximum Gasteiger partial charge on any atom is 0.125 e. The van der Waals surface area contributed by atoms with Crippen molar-refractivity contribution in [2.45, 2.75) is 32.0 Å². The van der Waals surface area contributed by atoms with Gasteiger partial charge in [-0.25, -0.2) is 0 Å². The Morgan fingerprint density at radius 3 is 3.24 bits per heavy atom. The number of hydrogen-bond acceptors (Lipinski definition) is 3. The summed E-state index contributed by atoms with van der Waals surface area (Å²) < 4.78 is 11.7. The van der Waals surface area contributed by atoms with E-state index in [-0.39, 0.29) is 5.60 Å². The maximum absolute atomic E-state index is 6.06. The lowest BCUT2D eigenvalue weighted by Gasteiger charge is -2.37. The van der Waals surface area contributed by atoms with E-state index >= 15 is 0 Å². The summed E-state index contributed by atoms with van der Waals surface area (Å²) in [5, 5.41) is 3.43. The predicted molar refractivity (Wildman–Crippen MR) is 66.4 cm³/mol. The van der Waals surface area contributed by atoms with Crippen molar-refractivity contribution < 1.29 is 9.47 Å². The maximum atomic E-state index is 6.06. The zero-order chi connectivity index (χ0) is 11.9. The van der Waals surface area contributed by atoms with Gasteiger partial charge in [0.1, 0.15) is 5.75 Å². The first-order chi connectivity index (χ1) is 8.24. The second-order valence-electron chi connectivity index (χ2n) is 5.04. The number of benzene rings is 1. The Labute approximate surface area is 102 Å². The van der Waals surface area contributed by atoms with Crippen LogP contribution in [0.1, 0.15) is 30.9 Å².